The number of carbonyl (C=O) groups excluding carboxylic acids is 2. The normalized spacial score (nSPS) is 24.5. The van der Waals surface area contributed by atoms with Crippen molar-refractivity contribution in [3.8, 4) is 5.75 Å². The predicted molar refractivity (Wildman–Crippen MR) is 131 cm³/mol. The van der Waals surface area contributed by atoms with E-state index in [1.807, 2.05) is 13.0 Å². The Kier molecular flexibility index (Phi) is 6.74. The van der Waals surface area contributed by atoms with Gasteiger partial charge in [-0.1, -0.05) is 43.3 Å². The van der Waals surface area contributed by atoms with E-state index < -0.39 is 41.5 Å². The molecule has 0 spiro atoms. The summed E-state index contributed by atoms with van der Waals surface area (Å²) in [6.45, 7) is 1.51. The van der Waals surface area contributed by atoms with Gasteiger partial charge >= 0.3 is 5.69 Å². The highest BCUT2D eigenvalue weighted by molar-refractivity contribution is 6.03. The van der Waals surface area contributed by atoms with Crippen LogP contribution < -0.4 is 15.7 Å². The molecule has 3 aromatic rings. The Morgan fingerprint density at radius 1 is 1.14 bits per heavy atom. The minimum absolute atomic E-state index is 0.0396. The first-order valence-electron chi connectivity index (χ1n) is 11.9. The van der Waals surface area contributed by atoms with Crippen molar-refractivity contribution in [1.82, 2.24) is 14.6 Å². The maximum atomic E-state index is 12.9. The van der Waals surface area contributed by atoms with Gasteiger partial charge in [-0.05, 0) is 36.8 Å². The number of aromatic nitrogens is 2. The van der Waals surface area contributed by atoms with Gasteiger partial charge in [0.05, 0.1) is 6.54 Å². The van der Waals surface area contributed by atoms with E-state index in [0.29, 0.717) is 17.7 Å². The summed E-state index contributed by atoms with van der Waals surface area (Å²) in [5.41, 5.74) is -1.44. The highest BCUT2D eigenvalue weighted by Gasteiger charge is 2.61. The number of amides is 2. The minimum Gasteiger partial charge on any atom is -0.484 e. The number of hydroxylamine groups is 2. The lowest BCUT2D eigenvalue weighted by atomic mass is 9.91. The van der Waals surface area contributed by atoms with Crippen LogP contribution in [0.3, 0.4) is 0 Å². The summed E-state index contributed by atoms with van der Waals surface area (Å²) in [5, 5.41) is 14.7. The second-order valence-electron chi connectivity index (χ2n) is 8.80. The lowest BCUT2D eigenvalue weighted by Gasteiger charge is -2.40. The van der Waals surface area contributed by atoms with Crippen LogP contribution in [0.2, 0.25) is 0 Å². The molecule has 0 saturated carbocycles. The van der Waals surface area contributed by atoms with Gasteiger partial charge in [-0.2, -0.15) is 4.98 Å². The molecule has 0 radical (unpaired) electrons. The Hall–Kier alpha value is -4.06. The van der Waals surface area contributed by atoms with Crippen LogP contribution in [0.15, 0.2) is 77.7 Å². The molecule has 1 aromatic heterocycles. The van der Waals surface area contributed by atoms with Crippen molar-refractivity contribution in [3.63, 3.8) is 0 Å². The molecule has 3 heterocycles. The molecule has 0 unspecified atom stereocenters. The molecule has 2 N–H and O–H groups in total. The highest BCUT2D eigenvalue weighted by Crippen LogP contribution is 2.44. The van der Waals surface area contributed by atoms with Crippen molar-refractivity contribution in [2.24, 2.45) is 0 Å². The van der Waals surface area contributed by atoms with Crippen LogP contribution in [-0.2, 0) is 14.4 Å². The van der Waals surface area contributed by atoms with E-state index >= 15 is 0 Å². The second kappa shape index (κ2) is 10.1. The number of para-hydroxylation sites is 1. The number of rotatable bonds is 7. The van der Waals surface area contributed by atoms with Gasteiger partial charge in [0, 0.05) is 11.8 Å². The zero-order valence-corrected chi connectivity index (χ0v) is 20.0. The Morgan fingerprint density at radius 3 is 2.51 bits per heavy atom. The number of fused-ring (bicyclic) bond motifs is 2. The number of ether oxygens (including phenoxy) is 2. The van der Waals surface area contributed by atoms with Crippen molar-refractivity contribution in [2.45, 2.75) is 37.4 Å². The first-order valence-corrected chi connectivity index (χ1v) is 11.9. The van der Waals surface area contributed by atoms with E-state index in [4.69, 9.17) is 14.3 Å². The fourth-order valence-corrected chi connectivity index (χ4v) is 4.45. The number of aliphatic hydroxyl groups is 1. The Bertz CT molecular complexity index is 1330. The zero-order valence-electron chi connectivity index (χ0n) is 20.0. The first-order chi connectivity index (χ1) is 17.9. The van der Waals surface area contributed by atoms with Crippen molar-refractivity contribution >= 4 is 17.6 Å². The van der Waals surface area contributed by atoms with Crippen LogP contribution >= 0.6 is 0 Å². The summed E-state index contributed by atoms with van der Waals surface area (Å²) >= 11 is 0. The van der Waals surface area contributed by atoms with E-state index in [2.05, 4.69) is 10.3 Å². The van der Waals surface area contributed by atoms with Gasteiger partial charge in [-0.15, -0.1) is 0 Å². The molecule has 11 heteroatoms. The van der Waals surface area contributed by atoms with Crippen molar-refractivity contribution in [1.29, 1.82) is 0 Å². The fraction of sp³-hybridized carbons (Fsp3) is 0.308. The van der Waals surface area contributed by atoms with Gasteiger partial charge in [-0.25, -0.2) is 9.86 Å². The SMILES string of the molecule is CC[C@@]12CN(C(=O)COc3ccccc3)O[C@@H]([C@H](n3ccc(NC(=O)c4ccccc4)nc3=O)O1)[C@@H]2O. The number of hydrogen-bond donors (Lipinski definition) is 2. The maximum Gasteiger partial charge on any atom is 0.351 e. The lowest BCUT2D eigenvalue weighted by molar-refractivity contribution is -0.256. The summed E-state index contributed by atoms with van der Waals surface area (Å²) in [6, 6.07) is 18.9. The van der Waals surface area contributed by atoms with Crippen LogP contribution in [0.1, 0.15) is 29.9 Å². The van der Waals surface area contributed by atoms with Gasteiger partial charge in [0.1, 0.15) is 23.3 Å². The van der Waals surface area contributed by atoms with Crippen molar-refractivity contribution < 1.29 is 29.0 Å². The van der Waals surface area contributed by atoms with Crippen LogP contribution in [0.4, 0.5) is 5.82 Å². The molecule has 11 nitrogen and oxygen atoms in total. The van der Waals surface area contributed by atoms with E-state index in [1.165, 1.54) is 16.8 Å². The van der Waals surface area contributed by atoms with Crippen molar-refractivity contribution in [3.05, 3.63) is 89.0 Å². The molecule has 4 atom stereocenters. The minimum atomic E-state index is -1.14. The molecule has 37 heavy (non-hydrogen) atoms. The standard InChI is InChI=1S/C26H26N4O7/c1-2-26-16-30(20(31)15-35-18-11-7-4-8-12-18)37-21(22(26)32)24(36-26)29-14-13-19(28-25(29)34)27-23(33)17-9-5-3-6-10-17/h3-14,21-22,24,32H,2,15-16H2,1H3,(H,27,28,33,34)/t21-,22+,24-,26+/m1/s1. The van der Waals surface area contributed by atoms with Crippen LogP contribution in [0.25, 0.3) is 0 Å². The summed E-state index contributed by atoms with van der Waals surface area (Å²) in [6.07, 6.45) is -1.40. The summed E-state index contributed by atoms with van der Waals surface area (Å²) in [7, 11) is 0. The molecular weight excluding hydrogens is 480 g/mol. The van der Waals surface area contributed by atoms with Gasteiger partial charge in [-0.3, -0.25) is 19.0 Å². The Morgan fingerprint density at radius 2 is 1.84 bits per heavy atom. The number of hydrogen-bond acceptors (Lipinski definition) is 8. The highest BCUT2D eigenvalue weighted by atomic mass is 16.7. The van der Waals surface area contributed by atoms with Gasteiger partial charge in [0.25, 0.3) is 11.8 Å². The monoisotopic (exact) mass is 506 g/mol. The predicted octanol–water partition coefficient (Wildman–Crippen LogP) is 1.76. The maximum absolute atomic E-state index is 12.9. The van der Waals surface area contributed by atoms with Crippen LogP contribution in [0.5, 0.6) is 5.75 Å². The largest absolute Gasteiger partial charge is 0.484 e. The summed E-state index contributed by atoms with van der Waals surface area (Å²) in [5.74, 6) is -0.258. The van der Waals surface area contributed by atoms with E-state index in [1.54, 1.807) is 54.6 Å². The number of nitrogens with one attached hydrogen (secondary N) is 1. The van der Waals surface area contributed by atoms with Crippen LogP contribution in [-0.4, -0.2) is 62.5 Å². The van der Waals surface area contributed by atoms with Gasteiger partial charge in [0.2, 0.25) is 0 Å². The number of nitrogens with zero attached hydrogens (tertiary/aromatic N) is 3. The van der Waals surface area contributed by atoms with E-state index in [0.717, 1.165) is 5.06 Å². The van der Waals surface area contributed by atoms with Crippen LogP contribution in [0, 0.1) is 0 Å². The number of anilines is 1. The summed E-state index contributed by atoms with van der Waals surface area (Å²) in [4.78, 5) is 47.9. The molecule has 2 aliphatic rings. The molecule has 2 saturated heterocycles. The average molecular weight is 507 g/mol. The number of aliphatic hydroxyl groups excluding tert-OH is 1. The first kappa shape index (κ1) is 24.6. The molecule has 2 fully saturated rings. The quantitative estimate of drug-likeness (QED) is 0.496. The third-order valence-corrected chi connectivity index (χ3v) is 6.51. The third-order valence-electron chi connectivity index (χ3n) is 6.51. The van der Waals surface area contributed by atoms with Crippen molar-refractivity contribution in [2.75, 3.05) is 18.5 Å². The molecule has 2 bridgehead atoms. The average Bonchev–Trinajstić information content (AvgIpc) is 3.07. The Labute approximate surface area is 212 Å². The third kappa shape index (κ3) is 4.84. The number of carbonyl (C=O) groups is 2. The second-order valence-corrected chi connectivity index (χ2v) is 8.80. The summed E-state index contributed by atoms with van der Waals surface area (Å²) < 4.78 is 12.9. The lowest BCUT2D eigenvalue weighted by Crippen LogP contribution is -2.59. The van der Waals surface area contributed by atoms with Gasteiger partial charge < -0.3 is 19.9 Å². The van der Waals surface area contributed by atoms with E-state index in [-0.39, 0.29) is 19.0 Å². The fourth-order valence-electron chi connectivity index (χ4n) is 4.45. The zero-order chi connectivity index (χ0) is 26.0. The molecule has 5 rings (SSSR count). The molecule has 192 valence electrons. The molecule has 2 aromatic carbocycles. The van der Waals surface area contributed by atoms with E-state index in [9.17, 15) is 19.5 Å². The molecule has 2 aliphatic heterocycles. The van der Waals surface area contributed by atoms with Gasteiger partial charge in [0.15, 0.2) is 18.9 Å². The molecular formula is C26H26N4O7. The smallest absolute Gasteiger partial charge is 0.351 e. The molecule has 2 amide bonds. The molecule has 0 aliphatic carbocycles. The number of benzene rings is 2. The topological polar surface area (TPSA) is 132 Å². The Balaban J connectivity index is 1.32.